The zero-order valence-electron chi connectivity index (χ0n) is 10.5. The van der Waals surface area contributed by atoms with Crippen molar-refractivity contribution in [1.29, 1.82) is 0 Å². The molecule has 0 saturated heterocycles. The predicted octanol–water partition coefficient (Wildman–Crippen LogP) is 0.556. The molecule has 1 aromatic rings. The zero-order chi connectivity index (χ0) is 14.1. The molecule has 5 nitrogen and oxygen atoms in total. The lowest BCUT2D eigenvalue weighted by molar-refractivity contribution is 0.588. The highest BCUT2D eigenvalue weighted by Gasteiger charge is 2.21. The van der Waals surface area contributed by atoms with Gasteiger partial charge in [-0.1, -0.05) is 13.0 Å². The van der Waals surface area contributed by atoms with E-state index in [1.807, 2.05) is 6.92 Å². The summed E-state index contributed by atoms with van der Waals surface area (Å²) in [5.41, 5.74) is 6.23. The van der Waals surface area contributed by atoms with Gasteiger partial charge in [-0.15, -0.1) is 0 Å². The van der Waals surface area contributed by atoms with Gasteiger partial charge in [0.1, 0.15) is 0 Å². The second kappa shape index (κ2) is 4.99. The zero-order valence-corrected chi connectivity index (χ0v) is 12.2. The van der Waals surface area contributed by atoms with Crippen LogP contribution in [0.15, 0.2) is 28.0 Å². The minimum Gasteiger partial charge on any atom is -0.330 e. The molecule has 0 aliphatic carbocycles. The molecule has 0 radical (unpaired) electrons. The maximum atomic E-state index is 11.7. The van der Waals surface area contributed by atoms with E-state index >= 15 is 0 Å². The Hall–Kier alpha value is -0.920. The van der Waals surface area contributed by atoms with Gasteiger partial charge in [-0.25, -0.2) is 16.8 Å². The Balaban J connectivity index is 3.60. The topological polar surface area (TPSA) is 94.3 Å². The lowest BCUT2D eigenvalue weighted by Crippen LogP contribution is -2.12. The molecular formula is C11H17NO4S2. The Morgan fingerprint density at radius 2 is 1.56 bits per heavy atom. The van der Waals surface area contributed by atoms with Gasteiger partial charge in [-0.05, 0) is 30.2 Å². The van der Waals surface area contributed by atoms with Gasteiger partial charge in [0.2, 0.25) is 0 Å². The molecule has 0 spiro atoms. The summed E-state index contributed by atoms with van der Waals surface area (Å²) in [6.45, 7) is 2.21. The van der Waals surface area contributed by atoms with Crippen LogP contribution in [0.1, 0.15) is 18.4 Å². The first kappa shape index (κ1) is 15.1. The summed E-state index contributed by atoms with van der Waals surface area (Å²) in [5.74, 6) is -0.0286. The van der Waals surface area contributed by atoms with Gasteiger partial charge in [0.15, 0.2) is 19.7 Å². The lowest BCUT2D eigenvalue weighted by atomic mass is 10.0. The quantitative estimate of drug-likeness (QED) is 0.874. The van der Waals surface area contributed by atoms with Gasteiger partial charge in [0.25, 0.3) is 0 Å². The van der Waals surface area contributed by atoms with Crippen LogP contribution >= 0.6 is 0 Å². The third-order valence-corrected chi connectivity index (χ3v) is 5.11. The Bertz CT molecular complexity index is 648. The normalized spacial score (nSPS) is 14.4. The van der Waals surface area contributed by atoms with Crippen molar-refractivity contribution in [3.8, 4) is 0 Å². The van der Waals surface area contributed by atoms with Crippen LogP contribution in [0.2, 0.25) is 0 Å². The van der Waals surface area contributed by atoms with E-state index in [4.69, 9.17) is 5.73 Å². The summed E-state index contributed by atoms with van der Waals surface area (Å²) in [7, 11) is -7.18. The highest BCUT2D eigenvalue weighted by Crippen LogP contribution is 2.25. The first-order valence-corrected chi connectivity index (χ1v) is 9.09. The Kier molecular flexibility index (Phi) is 4.19. The summed E-state index contributed by atoms with van der Waals surface area (Å²) in [6, 6.07) is 4.32. The number of benzene rings is 1. The summed E-state index contributed by atoms with van der Waals surface area (Å²) < 4.78 is 46.5. The standard InChI is InChI=1S/C11H17NO4S2/c1-8(7-12)9-4-5-10(17(2,13)14)11(6-9)18(3,15)16/h4-6,8H,7,12H2,1-3H3. The van der Waals surface area contributed by atoms with Crippen LogP contribution < -0.4 is 5.73 Å². The fourth-order valence-corrected chi connectivity index (χ4v) is 3.99. The highest BCUT2D eigenvalue weighted by molar-refractivity contribution is 7.93. The van der Waals surface area contributed by atoms with Gasteiger partial charge in [-0.2, -0.15) is 0 Å². The smallest absolute Gasteiger partial charge is 0.176 e. The van der Waals surface area contributed by atoms with Crippen LogP contribution in [0.4, 0.5) is 0 Å². The third kappa shape index (κ3) is 3.30. The van der Waals surface area contributed by atoms with Gasteiger partial charge in [0, 0.05) is 12.5 Å². The second-order valence-corrected chi connectivity index (χ2v) is 8.36. The molecule has 1 rings (SSSR count). The van der Waals surface area contributed by atoms with Crippen molar-refractivity contribution in [3.05, 3.63) is 23.8 Å². The van der Waals surface area contributed by atoms with E-state index in [0.29, 0.717) is 12.1 Å². The maximum Gasteiger partial charge on any atom is 0.176 e. The molecule has 2 N–H and O–H groups in total. The summed E-state index contributed by atoms with van der Waals surface area (Å²) >= 11 is 0. The van der Waals surface area contributed by atoms with Crippen molar-refractivity contribution in [3.63, 3.8) is 0 Å². The molecule has 0 saturated carbocycles. The van der Waals surface area contributed by atoms with Crippen LogP contribution in [0.5, 0.6) is 0 Å². The first-order valence-electron chi connectivity index (χ1n) is 5.31. The molecule has 1 aromatic carbocycles. The van der Waals surface area contributed by atoms with Crippen molar-refractivity contribution < 1.29 is 16.8 Å². The van der Waals surface area contributed by atoms with Gasteiger partial charge in [0.05, 0.1) is 9.79 Å². The molecule has 0 fully saturated rings. The molecule has 1 unspecified atom stereocenters. The van der Waals surface area contributed by atoms with Crippen LogP contribution in [-0.2, 0) is 19.7 Å². The number of rotatable bonds is 4. The molecule has 0 amide bonds. The summed E-state index contributed by atoms with van der Waals surface area (Å²) in [4.78, 5) is -0.333. The van der Waals surface area contributed by atoms with Crippen LogP contribution in [-0.4, -0.2) is 35.9 Å². The molecular weight excluding hydrogens is 274 g/mol. The molecule has 0 aliphatic heterocycles. The van der Waals surface area contributed by atoms with E-state index in [1.54, 1.807) is 6.07 Å². The van der Waals surface area contributed by atoms with Gasteiger partial charge in [-0.3, -0.25) is 0 Å². The van der Waals surface area contributed by atoms with E-state index in [-0.39, 0.29) is 15.7 Å². The van der Waals surface area contributed by atoms with Crippen LogP contribution in [0.25, 0.3) is 0 Å². The van der Waals surface area contributed by atoms with E-state index < -0.39 is 19.7 Å². The van der Waals surface area contributed by atoms with E-state index in [9.17, 15) is 16.8 Å². The minimum atomic E-state index is -3.60. The molecule has 0 aromatic heterocycles. The third-order valence-electron chi connectivity index (χ3n) is 2.69. The molecule has 1 atom stereocenters. The van der Waals surface area contributed by atoms with Crippen molar-refractivity contribution in [2.45, 2.75) is 22.6 Å². The fourth-order valence-electron chi connectivity index (χ4n) is 1.56. The predicted molar refractivity (Wildman–Crippen MR) is 70.1 cm³/mol. The van der Waals surface area contributed by atoms with Crippen LogP contribution in [0, 0.1) is 0 Å². The minimum absolute atomic E-state index is 0.0286. The number of hydrogen-bond acceptors (Lipinski definition) is 5. The van der Waals surface area contributed by atoms with Crippen molar-refractivity contribution >= 4 is 19.7 Å². The van der Waals surface area contributed by atoms with Crippen molar-refractivity contribution in [1.82, 2.24) is 0 Å². The molecule has 0 aliphatic rings. The van der Waals surface area contributed by atoms with Crippen molar-refractivity contribution in [2.24, 2.45) is 5.73 Å². The first-order chi connectivity index (χ1) is 8.07. The SMILES string of the molecule is CC(CN)c1ccc(S(C)(=O)=O)c(S(C)(=O)=O)c1. The Morgan fingerprint density at radius 1 is 1.06 bits per heavy atom. The number of hydrogen-bond donors (Lipinski definition) is 1. The molecule has 102 valence electrons. The average Bonchev–Trinajstić information content (AvgIpc) is 2.24. The maximum absolute atomic E-state index is 11.7. The van der Waals surface area contributed by atoms with E-state index in [0.717, 1.165) is 12.5 Å². The van der Waals surface area contributed by atoms with E-state index in [1.165, 1.54) is 12.1 Å². The van der Waals surface area contributed by atoms with Crippen LogP contribution in [0.3, 0.4) is 0 Å². The fraction of sp³-hybridized carbons (Fsp3) is 0.455. The molecule has 0 bridgehead atoms. The largest absolute Gasteiger partial charge is 0.330 e. The average molecular weight is 291 g/mol. The molecule has 0 heterocycles. The molecule has 18 heavy (non-hydrogen) atoms. The second-order valence-electron chi connectivity index (χ2n) is 4.39. The van der Waals surface area contributed by atoms with Crippen molar-refractivity contribution in [2.75, 3.05) is 19.1 Å². The lowest BCUT2D eigenvalue weighted by Gasteiger charge is -2.13. The van der Waals surface area contributed by atoms with E-state index in [2.05, 4.69) is 0 Å². The molecule has 7 heteroatoms. The Labute approximate surface area is 108 Å². The Morgan fingerprint density at radius 3 is 1.94 bits per heavy atom. The summed E-state index contributed by atoms with van der Waals surface area (Å²) in [6.07, 6.45) is 1.98. The summed E-state index contributed by atoms with van der Waals surface area (Å²) in [5, 5.41) is 0. The van der Waals surface area contributed by atoms with Gasteiger partial charge < -0.3 is 5.73 Å². The highest BCUT2D eigenvalue weighted by atomic mass is 32.2. The van der Waals surface area contributed by atoms with Gasteiger partial charge >= 0.3 is 0 Å². The number of sulfone groups is 2. The monoisotopic (exact) mass is 291 g/mol. The number of nitrogens with two attached hydrogens (primary N) is 1.